The number of H-pyrrole nitrogens is 1. The molecule has 0 amide bonds. The molecule has 1 aromatic rings. The van der Waals surface area contributed by atoms with Crippen LogP contribution in [0, 0.1) is 21.8 Å². The minimum absolute atomic E-state index is 0.119. The number of rotatable bonds is 1. The zero-order valence-electron chi connectivity index (χ0n) is 7.33. The monoisotopic (exact) mass is 225 g/mol. The second kappa shape index (κ2) is 3.60. The highest BCUT2D eigenvalue weighted by molar-refractivity contribution is 7.71. The summed E-state index contributed by atoms with van der Waals surface area (Å²) in [5, 5.41) is 9.20. The van der Waals surface area contributed by atoms with Gasteiger partial charge in [-0.2, -0.15) is 5.26 Å². The average Bonchev–Trinajstić information content (AvgIpc) is 2.10. The lowest BCUT2D eigenvalue weighted by molar-refractivity contribution is 0.499. The molecular formula is C9H8ClN3S. The Balaban J connectivity index is 2.24. The molecule has 0 spiro atoms. The first kappa shape index (κ1) is 9.50. The van der Waals surface area contributed by atoms with Gasteiger partial charge in [-0.3, -0.25) is 0 Å². The second-order valence-electron chi connectivity index (χ2n) is 3.24. The Morgan fingerprint density at radius 1 is 1.64 bits per heavy atom. The van der Waals surface area contributed by atoms with Crippen LogP contribution >= 0.6 is 23.8 Å². The van der Waals surface area contributed by atoms with Crippen molar-refractivity contribution in [3.8, 4) is 6.07 Å². The van der Waals surface area contributed by atoms with Crippen LogP contribution in [0.2, 0.25) is 5.02 Å². The summed E-state index contributed by atoms with van der Waals surface area (Å²) in [6.07, 6.45) is 1.77. The summed E-state index contributed by atoms with van der Waals surface area (Å²) in [6.45, 7) is 1.46. The van der Waals surface area contributed by atoms with Crippen molar-refractivity contribution in [2.75, 3.05) is 18.0 Å². The summed E-state index contributed by atoms with van der Waals surface area (Å²) in [5.74, 6) is 0.943. The number of pyridine rings is 1. The van der Waals surface area contributed by atoms with Gasteiger partial charge in [-0.05, 0) is 6.07 Å². The molecular weight excluding hydrogens is 218 g/mol. The summed E-state index contributed by atoms with van der Waals surface area (Å²) < 4.78 is 0.640. The van der Waals surface area contributed by atoms with Crippen molar-refractivity contribution in [2.24, 2.45) is 5.92 Å². The average molecular weight is 226 g/mol. The summed E-state index contributed by atoms with van der Waals surface area (Å²) in [5.41, 5.74) is 0. The lowest BCUT2D eigenvalue weighted by Gasteiger charge is -2.37. The number of anilines is 1. The molecule has 0 atom stereocenters. The fraction of sp³-hybridized carbons (Fsp3) is 0.333. The fourth-order valence-corrected chi connectivity index (χ4v) is 1.82. The van der Waals surface area contributed by atoms with Crippen LogP contribution in [-0.4, -0.2) is 18.1 Å². The van der Waals surface area contributed by atoms with E-state index in [4.69, 9.17) is 29.1 Å². The third-order valence-corrected chi connectivity index (χ3v) is 3.09. The molecule has 1 N–H and O–H groups in total. The molecule has 0 radical (unpaired) electrons. The Morgan fingerprint density at radius 3 is 3.00 bits per heavy atom. The van der Waals surface area contributed by atoms with Gasteiger partial charge in [0.05, 0.1) is 21.5 Å². The molecule has 2 rings (SSSR count). The van der Waals surface area contributed by atoms with Crippen LogP contribution in [0.15, 0.2) is 12.3 Å². The normalized spacial score (nSPS) is 16.1. The molecule has 0 aromatic carbocycles. The Bertz CT molecular complexity index is 442. The second-order valence-corrected chi connectivity index (χ2v) is 4.05. The Kier molecular flexibility index (Phi) is 2.44. The molecule has 0 bridgehead atoms. The molecule has 1 fully saturated rings. The maximum absolute atomic E-state index is 8.63. The van der Waals surface area contributed by atoms with Crippen LogP contribution in [0.3, 0.4) is 0 Å². The number of hydrogen-bond acceptors (Lipinski definition) is 3. The van der Waals surface area contributed by atoms with E-state index in [1.54, 1.807) is 12.3 Å². The summed E-state index contributed by atoms with van der Waals surface area (Å²) >= 11 is 11.1. The van der Waals surface area contributed by atoms with Crippen LogP contribution in [0.4, 0.5) is 5.82 Å². The van der Waals surface area contributed by atoms with Crippen LogP contribution in [0.25, 0.3) is 0 Å². The van der Waals surface area contributed by atoms with Crippen LogP contribution in [0.5, 0.6) is 0 Å². The van der Waals surface area contributed by atoms with Gasteiger partial charge in [-0.15, -0.1) is 0 Å². The van der Waals surface area contributed by atoms with Gasteiger partial charge in [-0.25, -0.2) is 0 Å². The van der Waals surface area contributed by atoms with Crippen molar-refractivity contribution in [2.45, 2.75) is 0 Å². The zero-order valence-corrected chi connectivity index (χ0v) is 8.90. The molecule has 3 nitrogen and oxygen atoms in total. The highest BCUT2D eigenvalue weighted by atomic mass is 35.5. The van der Waals surface area contributed by atoms with Crippen LogP contribution < -0.4 is 4.90 Å². The van der Waals surface area contributed by atoms with Gasteiger partial charge in [0.2, 0.25) is 0 Å². The highest BCUT2D eigenvalue weighted by Gasteiger charge is 2.28. The summed E-state index contributed by atoms with van der Waals surface area (Å²) in [4.78, 5) is 5.06. The van der Waals surface area contributed by atoms with Crippen LogP contribution in [-0.2, 0) is 0 Å². The Morgan fingerprint density at radius 2 is 2.36 bits per heavy atom. The van der Waals surface area contributed by atoms with E-state index < -0.39 is 0 Å². The molecule has 1 aromatic heterocycles. The van der Waals surface area contributed by atoms with E-state index in [0.29, 0.717) is 9.53 Å². The first-order chi connectivity index (χ1) is 6.72. The molecule has 0 saturated carbocycles. The van der Waals surface area contributed by atoms with E-state index in [1.807, 2.05) is 4.90 Å². The number of nitrogens with zero attached hydrogens (tertiary/aromatic N) is 2. The molecule has 0 unspecified atom stereocenters. The zero-order chi connectivity index (χ0) is 10.1. The largest absolute Gasteiger partial charge is 0.354 e. The van der Waals surface area contributed by atoms with Gasteiger partial charge in [0.1, 0.15) is 5.82 Å². The van der Waals surface area contributed by atoms with Gasteiger partial charge in [0.25, 0.3) is 0 Å². The standard InChI is InChI=1S/C9H8ClN3S/c10-8-7(14)1-2-12-9(8)13-4-6(3-11)5-13/h1-2,6H,4-5H2,(H,12,14). The lowest BCUT2D eigenvalue weighted by Crippen LogP contribution is -2.46. The number of hydrogen-bond donors (Lipinski definition) is 1. The Labute approximate surface area is 91.9 Å². The molecule has 2 heterocycles. The number of nitriles is 1. The van der Waals surface area contributed by atoms with Crippen molar-refractivity contribution in [3.05, 3.63) is 21.8 Å². The number of aromatic nitrogens is 1. The van der Waals surface area contributed by atoms with E-state index in [9.17, 15) is 0 Å². The fourth-order valence-electron chi connectivity index (χ4n) is 1.42. The summed E-state index contributed by atoms with van der Waals surface area (Å²) in [7, 11) is 0. The van der Waals surface area contributed by atoms with Crippen LogP contribution in [0.1, 0.15) is 0 Å². The number of halogens is 1. The van der Waals surface area contributed by atoms with Crippen molar-refractivity contribution in [3.63, 3.8) is 0 Å². The first-order valence-electron chi connectivity index (χ1n) is 4.24. The van der Waals surface area contributed by atoms with E-state index in [2.05, 4.69) is 11.1 Å². The molecule has 1 saturated heterocycles. The van der Waals surface area contributed by atoms with Gasteiger partial charge in [0.15, 0.2) is 0 Å². The summed E-state index contributed by atoms with van der Waals surface area (Å²) in [6, 6.07) is 3.96. The Hall–Kier alpha value is -1.05. The van der Waals surface area contributed by atoms with Gasteiger partial charge in [-0.1, -0.05) is 23.8 Å². The first-order valence-corrected chi connectivity index (χ1v) is 5.02. The van der Waals surface area contributed by atoms with Crippen molar-refractivity contribution >= 4 is 29.6 Å². The molecule has 1 aliphatic heterocycles. The molecule has 1 aliphatic rings. The maximum Gasteiger partial charge on any atom is 0.126 e. The maximum atomic E-state index is 8.63. The minimum Gasteiger partial charge on any atom is -0.354 e. The van der Waals surface area contributed by atoms with Gasteiger partial charge < -0.3 is 9.88 Å². The van der Waals surface area contributed by atoms with Gasteiger partial charge >= 0.3 is 0 Å². The predicted octanol–water partition coefficient (Wildman–Crippen LogP) is 2.36. The van der Waals surface area contributed by atoms with E-state index in [1.165, 1.54) is 0 Å². The molecule has 0 aliphatic carbocycles. The quantitative estimate of drug-likeness (QED) is 0.747. The number of aromatic amines is 1. The number of nitrogens with one attached hydrogen (secondary N) is 1. The SMILES string of the molecule is N#CC1CN(c2[nH]ccc(=S)c2Cl)C1. The predicted molar refractivity (Wildman–Crippen MR) is 58.0 cm³/mol. The smallest absolute Gasteiger partial charge is 0.126 e. The van der Waals surface area contributed by atoms with Crippen molar-refractivity contribution in [1.82, 2.24) is 4.98 Å². The van der Waals surface area contributed by atoms with Crippen molar-refractivity contribution < 1.29 is 0 Å². The van der Waals surface area contributed by atoms with Crippen molar-refractivity contribution in [1.29, 1.82) is 5.26 Å². The topological polar surface area (TPSA) is 42.8 Å². The highest BCUT2D eigenvalue weighted by Crippen LogP contribution is 2.29. The molecule has 14 heavy (non-hydrogen) atoms. The van der Waals surface area contributed by atoms with E-state index >= 15 is 0 Å². The molecule has 72 valence electrons. The third kappa shape index (κ3) is 1.49. The van der Waals surface area contributed by atoms with E-state index in [-0.39, 0.29) is 5.92 Å². The van der Waals surface area contributed by atoms with E-state index in [0.717, 1.165) is 18.9 Å². The molecule has 5 heteroatoms. The third-order valence-electron chi connectivity index (χ3n) is 2.26. The minimum atomic E-state index is 0.119. The van der Waals surface area contributed by atoms with Gasteiger partial charge in [0, 0.05) is 19.3 Å². The lowest BCUT2D eigenvalue weighted by atomic mass is 10.0.